The smallest absolute Gasteiger partial charge is 0.314 e. The fourth-order valence-corrected chi connectivity index (χ4v) is 4.98. The number of hydrogen-bond acceptors (Lipinski definition) is 4. The van der Waals surface area contributed by atoms with Gasteiger partial charge in [-0.05, 0) is 67.3 Å². The third kappa shape index (κ3) is 5.13. The van der Waals surface area contributed by atoms with Crippen molar-refractivity contribution in [2.75, 3.05) is 6.61 Å². The van der Waals surface area contributed by atoms with Crippen molar-refractivity contribution in [2.45, 2.75) is 50.7 Å². The van der Waals surface area contributed by atoms with E-state index in [-0.39, 0.29) is 28.7 Å². The Labute approximate surface area is 211 Å². The van der Waals surface area contributed by atoms with E-state index in [0.29, 0.717) is 43.4 Å². The lowest BCUT2D eigenvalue weighted by molar-refractivity contribution is -0.140. The first kappa shape index (κ1) is 25.4. The molecule has 8 heteroatoms. The zero-order chi connectivity index (χ0) is 26.3. The molecule has 1 aliphatic heterocycles. The number of epoxide rings is 1. The first-order chi connectivity index (χ1) is 17.7. The molecule has 37 heavy (non-hydrogen) atoms. The Morgan fingerprint density at radius 1 is 0.865 bits per heavy atom. The molecule has 1 heterocycles. The molecule has 3 aromatic rings. The highest BCUT2D eigenvalue weighted by Crippen LogP contribution is 2.41. The average molecular weight is 515 g/mol. The molecule has 0 amide bonds. The summed E-state index contributed by atoms with van der Waals surface area (Å²) in [5.74, 6) is -6.16. The van der Waals surface area contributed by atoms with Gasteiger partial charge in [0, 0.05) is 11.1 Å². The van der Waals surface area contributed by atoms with Crippen LogP contribution in [0.25, 0.3) is 11.1 Å². The van der Waals surface area contributed by atoms with Gasteiger partial charge >= 0.3 is 5.97 Å². The minimum Gasteiger partial charge on any atom is -0.423 e. The van der Waals surface area contributed by atoms with E-state index >= 15 is 0 Å². The van der Waals surface area contributed by atoms with Crippen LogP contribution in [0.2, 0.25) is 0 Å². The van der Waals surface area contributed by atoms with Gasteiger partial charge in [0.25, 0.3) is 0 Å². The number of rotatable bonds is 6. The molecule has 1 saturated carbocycles. The number of ether oxygens (including phenoxy) is 2. The molecule has 1 N–H and O–H groups in total. The molecule has 4 nitrogen and oxygen atoms in total. The maximum absolute atomic E-state index is 14.8. The summed E-state index contributed by atoms with van der Waals surface area (Å²) in [7, 11) is 0. The molecule has 2 atom stereocenters. The molecule has 194 valence electrons. The van der Waals surface area contributed by atoms with E-state index in [0.717, 1.165) is 0 Å². The lowest BCUT2D eigenvalue weighted by atomic mass is 9.78. The second-order valence-corrected chi connectivity index (χ2v) is 9.70. The number of aliphatic hydroxyl groups excluding tert-OH is 1. The van der Waals surface area contributed by atoms with Crippen molar-refractivity contribution in [3.8, 4) is 16.9 Å². The Balaban J connectivity index is 1.23. The van der Waals surface area contributed by atoms with Crippen molar-refractivity contribution in [1.29, 1.82) is 0 Å². The van der Waals surface area contributed by atoms with Gasteiger partial charge in [-0.2, -0.15) is 4.39 Å². The van der Waals surface area contributed by atoms with Crippen LogP contribution in [0.3, 0.4) is 0 Å². The molecule has 2 unspecified atom stereocenters. The Hall–Kier alpha value is -3.23. The normalized spacial score (nSPS) is 21.9. The summed E-state index contributed by atoms with van der Waals surface area (Å²) in [4.78, 5) is 12.7. The predicted octanol–water partition coefficient (Wildman–Crippen LogP) is 6.91. The van der Waals surface area contributed by atoms with Crippen LogP contribution in [0.4, 0.5) is 17.6 Å². The van der Waals surface area contributed by atoms with Gasteiger partial charge in [0.15, 0.2) is 23.2 Å². The molecule has 0 radical (unpaired) electrons. The minimum absolute atomic E-state index is 0.00322. The summed E-state index contributed by atoms with van der Waals surface area (Å²) in [6.07, 6.45) is 0.520. The summed E-state index contributed by atoms with van der Waals surface area (Å²) < 4.78 is 68.9. The minimum atomic E-state index is -1.27. The highest BCUT2D eigenvalue weighted by atomic mass is 19.2. The Kier molecular flexibility index (Phi) is 7.05. The molecule has 0 bridgehead atoms. The number of halogens is 4. The van der Waals surface area contributed by atoms with Gasteiger partial charge < -0.3 is 14.6 Å². The fourth-order valence-electron chi connectivity index (χ4n) is 4.98. The standard InChI is InChI=1S/C29H26F4O4/c1-15(34)16-2-4-17(5-3-16)21-12-13-23(28(33)26(21)31)37-29(35)19-8-6-18(7-9-19)20-10-11-22(24-14-36-24)27(32)25(20)30/h2-5,10-13,15,18-19,24,34H,6-9,14H2,1H3. The highest BCUT2D eigenvalue weighted by Gasteiger charge is 2.34. The molecule has 2 aliphatic rings. The third-order valence-electron chi connectivity index (χ3n) is 7.28. The summed E-state index contributed by atoms with van der Waals surface area (Å²) >= 11 is 0. The number of aliphatic hydroxyl groups is 1. The Morgan fingerprint density at radius 2 is 1.49 bits per heavy atom. The lowest BCUT2D eigenvalue weighted by Crippen LogP contribution is -2.26. The SMILES string of the molecule is CC(O)c1ccc(-c2ccc(OC(=O)C3CCC(c4ccc(C5CO5)c(F)c4F)CC3)c(F)c2F)cc1. The van der Waals surface area contributed by atoms with Crippen molar-refractivity contribution < 1.29 is 36.9 Å². The van der Waals surface area contributed by atoms with Crippen LogP contribution in [-0.2, 0) is 9.53 Å². The van der Waals surface area contributed by atoms with E-state index in [1.165, 1.54) is 12.1 Å². The number of carbonyl (C=O) groups excluding carboxylic acids is 1. The van der Waals surface area contributed by atoms with Gasteiger partial charge in [-0.3, -0.25) is 4.79 Å². The fraction of sp³-hybridized carbons (Fsp3) is 0.345. The lowest BCUT2D eigenvalue weighted by Gasteiger charge is -2.28. The zero-order valence-corrected chi connectivity index (χ0v) is 20.1. The molecular weight excluding hydrogens is 488 g/mol. The van der Waals surface area contributed by atoms with Crippen molar-refractivity contribution >= 4 is 5.97 Å². The topological polar surface area (TPSA) is 59.1 Å². The van der Waals surface area contributed by atoms with Gasteiger partial charge in [0.2, 0.25) is 5.82 Å². The van der Waals surface area contributed by atoms with Crippen LogP contribution in [0.1, 0.15) is 67.4 Å². The summed E-state index contributed by atoms with van der Waals surface area (Å²) in [6.45, 7) is 1.98. The van der Waals surface area contributed by atoms with Crippen LogP contribution in [-0.4, -0.2) is 17.7 Å². The van der Waals surface area contributed by atoms with E-state index in [4.69, 9.17) is 9.47 Å². The molecule has 5 rings (SSSR count). The Bertz CT molecular complexity index is 1310. The first-order valence-corrected chi connectivity index (χ1v) is 12.3. The van der Waals surface area contributed by atoms with Crippen molar-refractivity contribution in [3.63, 3.8) is 0 Å². The number of hydrogen-bond donors (Lipinski definition) is 1. The van der Waals surface area contributed by atoms with Gasteiger partial charge in [0.05, 0.1) is 18.6 Å². The zero-order valence-electron chi connectivity index (χ0n) is 20.1. The van der Waals surface area contributed by atoms with Crippen LogP contribution in [0.15, 0.2) is 48.5 Å². The molecule has 0 aromatic heterocycles. The van der Waals surface area contributed by atoms with Crippen molar-refractivity contribution in [3.05, 3.63) is 88.5 Å². The first-order valence-electron chi connectivity index (χ1n) is 12.3. The number of carbonyl (C=O) groups is 1. The largest absolute Gasteiger partial charge is 0.423 e. The van der Waals surface area contributed by atoms with Crippen LogP contribution in [0.5, 0.6) is 5.75 Å². The van der Waals surface area contributed by atoms with Crippen LogP contribution in [0, 0.1) is 29.2 Å². The second-order valence-electron chi connectivity index (χ2n) is 9.70. The molecule has 3 aromatic carbocycles. The number of esters is 1. The van der Waals surface area contributed by atoms with Crippen molar-refractivity contribution in [2.24, 2.45) is 5.92 Å². The van der Waals surface area contributed by atoms with Crippen LogP contribution >= 0.6 is 0 Å². The van der Waals surface area contributed by atoms with Gasteiger partial charge in [-0.25, -0.2) is 13.2 Å². The molecular formula is C29H26F4O4. The summed E-state index contributed by atoms with van der Waals surface area (Å²) in [5, 5.41) is 9.62. The van der Waals surface area contributed by atoms with Crippen LogP contribution < -0.4 is 4.74 Å². The summed E-state index contributed by atoms with van der Waals surface area (Å²) in [5.41, 5.74) is 1.55. The van der Waals surface area contributed by atoms with E-state index in [9.17, 15) is 27.5 Å². The number of benzene rings is 3. The van der Waals surface area contributed by atoms with E-state index in [2.05, 4.69) is 0 Å². The molecule has 0 spiro atoms. The highest BCUT2D eigenvalue weighted by molar-refractivity contribution is 5.76. The predicted molar refractivity (Wildman–Crippen MR) is 128 cm³/mol. The maximum Gasteiger partial charge on any atom is 0.314 e. The van der Waals surface area contributed by atoms with Gasteiger partial charge in [0.1, 0.15) is 6.10 Å². The average Bonchev–Trinajstić information content (AvgIpc) is 3.74. The van der Waals surface area contributed by atoms with Crippen molar-refractivity contribution in [1.82, 2.24) is 0 Å². The molecule has 1 saturated heterocycles. The monoisotopic (exact) mass is 514 g/mol. The Morgan fingerprint density at radius 3 is 2.11 bits per heavy atom. The quantitative estimate of drug-likeness (QED) is 0.168. The third-order valence-corrected chi connectivity index (χ3v) is 7.28. The molecule has 2 fully saturated rings. The van der Waals surface area contributed by atoms with E-state index in [1.54, 1.807) is 43.3 Å². The maximum atomic E-state index is 14.8. The molecule has 1 aliphatic carbocycles. The van der Waals surface area contributed by atoms with E-state index in [1.807, 2.05) is 0 Å². The summed E-state index contributed by atoms with van der Waals surface area (Å²) in [6, 6.07) is 12.1. The van der Waals surface area contributed by atoms with Gasteiger partial charge in [-0.1, -0.05) is 36.4 Å². The second kappa shape index (κ2) is 10.3. The van der Waals surface area contributed by atoms with E-state index < -0.39 is 47.0 Å². The van der Waals surface area contributed by atoms with Gasteiger partial charge in [-0.15, -0.1) is 0 Å².